The molecule has 3 nitrogen and oxygen atoms in total. The molecule has 0 aliphatic carbocycles. The van der Waals surface area contributed by atoms with Crippen LogP contribution in [0.4, 0.5) is 0 Å². The summed E-state index contributed by atoms with van der Waals surface area (Å²) in [5, 5.41) is 3.56. The van der Waals surface area contributed by atoms with Gasteiger partial charge in [-0.25, -0.2) is 0 Å². The molecule has 0 fully saturated rings. The van der Waals surface area contributed by atoms with Gasteiger partial charge in [0.1, 0.15) is 5.75 Å². The van der Waals surface area contributed by atoms with Crippen LogP contribution in [0.5, 0.6) is 5.75 Å². The summed E-state index contributed by atoms with van der Waals surface area (Å²) in [6.07, 6.45) is 1.06. The fourth-order valence-corrected chi connectivity index (χ4v) is 1.83. The standard InChI is InChI=1S/C14H23NO2/c1-5-13(10-16-3)15-11(2)12-6-8-14(17-4)9-7-12/h6-9,11,13,15H,5,10H2,1-4H3/t11-,13?/m1/s1. The van der Waals surface area contributed by atoms with E-state index >= 15 is 0 Å². The van der Waals surface area contributed by atoms with E-state index < -0.39 is 0 Å². The minimum absolute atomic E-state index is 0.320. The van der Waals surface area contributed by atoms with E-state index in [1.807, 2.05) is 12.1 Å². The molecule has 0 aromatic heterocycles. The molecule has 0 heterocycles. The molecule has 17 heavy (non-hydrogen) atoms. The number of nitrogens with one attached hydrogen (secondary N) is 1. The molecule has 0 saturated heterocycles. The van der Waals surface area contributed by atoms with Crippen LogP contribution in [0.25, 0.3) is 0 Å². The van der Waals surface area contributed by atoms with Gasteiger partial charge in [-0.3, -0.25) is 0 Å². The number of ether oxygens (including phenoxy) is 2. The molecular weight excluding hydrogens is 214 g/mol. The lowest BCUT2D eigenvalue weighted by Crippen LogP contribution is -2.34. The molecule has 0 saturated carbocycles. The highest BCUT2D eigenvalue weighted by Crippen LogP contribution is 2.18. The summed E-state index contributed by atoms with van der Waals surface area (Å²) >= 11 is 0. The van der Waals surface area contributed by atoms with E-state index in [0.29, 0.717) is 12.1 Å². The molecular formula is C14H23NO2. The molecule has 96 valence electrons. The van der Waals surface area contributed by atoms with Gasteiger partial charge < -0.3 is 14.8 Å². The van der Waals surface area contributed by atoms with Gasteiger partial charge in [0.15, 0.2) is 0 Å². The van der Waals surface area contributed by atoms with E-state index in [0.717, 1.165) is 18.8 Å². The number of methoxy groups -OCH3 is 2. The first-order valence-electron chi connectivity index (χ1n) is 6.10. The van der Waals surface area contributed by atoms with Gasteiger partial charge in [-0.1, -0.05) is 19.1 Å². The molecule has 0 amide bonds. The van der Waals surface area contributed by atoms with Gasteiger partial charge in [-0.2, -0.15) is 0 Å². The number of hydrogen-bond donors (Lipinski definition) is 1. The van der Waals surface area contributed by atoms with Crippen LogP contribution in [0.3, 0.4) is 0 Å². The first-order chi connectivity index (χ1) is 8.21. The first-order valence-corrected chi connectivity index (χ1v) is 6.10. The van der Waals surface area contributed by atoms with Crippen LogP contribution in [0, 0.1) is 0 Å². The Morgan fingerprint density at radius 2 is 1.82 bits per heavy atom. The van der Waals surface area contributed by atoms with Crippen molar-refractivity contribution in [3.8, 4) is 5.75 Å². The third kappa shape index (κ3) is 4.36. The molecule has 0 bridgehead atoms. The summed E-state index contributed by atoms with van der Waals surface area (Å²) in [5.74, 6) is 0.893. The van der Waals surface area contributed by atoms with Gasteiger partial charge in [0.2, 0.25) is 0 Å². The second-order valence-electron chi connectivity index (χ2n) is 4.22. The highest BCUT2D eigenvalue weighted by atomic mass is 16.5. The van der Waals surface area contributed by atoms with Gasteiger partial charge in [0, 0.05) is 19.2 Å². The summed E-state index contributed by atoms with van der Waals surface area (Å²) in [5.41, 5.74) is 1.26. The lowest BCUT2D eigenvalue weighted by atomic mass is 10.1. The van der Waals surface area contributed by atoms with E-state index in [-0.39, 0.29) is 0 Å². The quantitative estimate of drug-likeness (QED) is 0.791. The summed E-state index contributed by atoms with van der Waals surface area (Å²) in [7, 11) is 3.42. The Morgan fingerprint density at radius 3 is 2.29 bits per heavy atom. The molecule has 2 atom stereocenters. The summed E-state index contributed by atoms with van der Waals surface area (Å²) in [6.45, 7) is 5.08. The zero-order chi connectivity index (χ0) is 12.7. The molecule has 1 rings (SSSR count). The van der Waals surface area contributed by atoms with Gasteiger partial charge in [0.25, 0.3) is 0 Å². The van der Waals surface area contributed by atoms with E-state index in [1.54, 1.807) is 14.2 Å². The second kappa shape index (κ2) is 7.30. The minimum Gasteiger partial charge on any atom is -0.497 e. The van der Waals surface area contributed by atoms with Crippen LogP contribution in [0.1, 0.15) is 31.9 Å². The van der Waals surface area contributed by atoms with Crippen molar-refractivity contribution < 1.29 is 9.47 Å². The van der Waals surface area contributed by atoms with E-state index in [2.05, 4.69) is 31.3 Å². The normalized spacial score (nSPS) is 14.4. The van der Waals surface area contributed by atoms with Gasteiger partial charge in [0.05, 0.1) is 13.7 Å². The number of hydrogen-bond acceptors (Lipinski definition) is 3. The van der Waals surface area contributed by atoms with E-state index in [1.165, 1.54) is 5.56 Å². The molecule has 1 N–H and O–H groups in total. The maximum absolute atomic E-state index is 5.19. The zero-order valence-corrected chi connectivity index (χ0v) is 11.2. The lowest BCUT2D eigenvalue weighted by molar-refractivity contribution is 0.159. The Labute approximate surface area is 104 Å². The largest absolute Gasteiger partial charge is 0.497 e. The van der Waals surface area contributed by atoms with E-state index in [4.69, 9.17) is 9.47 Å². The Bertz CT molecular complexity index is 311. The number of benzene rings is 1. The maximum Gasteiger partial charge on any atom is 0.118 e. The summed E-state index contributed by atoms with van der Waals surface area (Å²) in [6, 6.07) is 8.89. The average molecular weight is 237 g/mol. The molecule has 0 radical (unpaired) electrons. The number of rotatable bonds is 7. The van der Waals surface area contributed by atoms with Crippen LogP contribution < -0.4 is 10.1 Å². The Morgan fingerprint density at radius 1 is 1.18 bits per heavy atom. The fourth-order valence-electron chi connectivity index (χ4n) is 1.83. The molecule has 1 unspecified atom stereocenters. The monoisotopic (exact) mass is 237 g/mol. The highest BCUT2D eigenvalue weighted by Gasteiger charge is 2.11. The summed E-state index contributed by atoms with van der Waals surface area (Å²) < 4.78 is 10.3. The predicted octanol–water partition coefficient (Wildman–Crippen LogP) is 2.77. The van der Waals surface area contributed by atoms with E-state index in [9.17, 15) is 0 Å². The van der Waals surface area contributed by atoms with Crippen molar-refractivity contribution in [3.05, 3.63) is 29.8 Å². The molecule has 3 heteroatoms. The maximum atomic E-state index is 5.19. The van der Waals surface area contributed by atoms with Crippen LogP contribution in [0.2, 0.25) is 0 Å². The Kier molecular flexibility index (Phi) is 6.01. The first kappa shape index (κ1) is 14.0. The van der Waals surface area contributed by atoms with Crippen molar-refractivity contribution in [1.82, 2.24) is 5.32 Å². The third-order valence-electron chi connectivity index (χ3n) is 2.96. The van der Waals surface area contributed by atoms with Crippen molar-refractivity contribution in [2.75, 3.05) is 20.8 Å². The van der Waals surface area contributed by atoms with Crippen LogP contribution >= 0.6 is 0 Å². The minimum atomic E-state index is 0.320. The molecule has 0 aliphatic rings. The summed E-state index contributed by atoms with van der Waals surface area (Å²) in [4.78, 5) is 0. The highest BCUT2D eigenvalue weighted by molar-refractivity contribution is 5.28. The topological polar surface area (TPSA) is 30.5 Å². The third-order valence-corrected chi connectivity index (χ3v) is 2.96. The molecule has 0 spiro atoms. The van der Waals surface area contributed by atoms with Crippen molar-refractivity contribution in [2.45, 2.75) is 32.4 Å². The van der Waals surface area contributed by atoms with Gasteiger partial charge in [-0.05, 0) is 31.0 Å². The second-order valence-corrected chi connectivity index (χ2v) is 4.22. The average Bonchev–Trinajstić information content (AvgIpc) is 2.38. The lowest BCUT2D eigenvalue weighted by Gasteiger charge is -2.22. The molecule has 1 aromatic carbocycles. The van der Waals surface area contributed by atoms with Crippen molar-refractivity contribution >= 4 is 0 Å². The van der Waals surface area contributed by atoms with Gasteiger partial charge in [-0.15, -0.1) is 0 Å². The van der Waals surface area contributed by atoms with Crippen LogP contribution in [0.15, 0.2) is 24.3 Å². The zero-order valence-electron chi connectivity index (χ0n) is 11.2. The van der Waals surface area contributed by atoms with Gasteiger partial charge >= 0.3 is 0 Å². The van der Waals surface area contributed by atoms with Crippen molar-refractivity contribution in [1.29, 1.82) is 0 Å². The van der Waals surface area contributed by atoms with Crippen LogP contribution in [-0.2, 0) is 4.74 Å². The molecule has 1 aromatic rings. The molecule has 0 aliphatic heterocycles. The predicted molar refractivity (Wildman–Crippen MR) is 70.5 cm³/mol. The Hall–Kier alpha value is -1.06. The smallest absolute Gasteiger partial charge is 0.118 e. The van der Waals surface area contributed by atoms with Crippen molar-refractivity contribution in [2.24, 2.45) is 0 Å². The fraction of sp³-hybridized carbons (Fsp3) is 0.571. The van der Waals surface area contributed by atoms with Crippen molar-refractivity contribution in [3.63, 3.8) is 0 Å². The van der Waals surface area contributed by atoms with Crippen LogP contribution in [-0.4, -0.2) is 26.9 Å². The SMILES string of the molecule is CCC(COC)N[C@H](C)c1ccc(OC)cc1. The Balaban J connectivity index is 2.58.